The first kappa shape index (κ1) is 27.1. The van der Waals surface area contributed by atoms with Crippen LogP contribution in [0.3, 0.4) is 0 Å². The van der Waals surface area contributed by atoms with Crippen molar-refractivity contribution in [1.82, 2.24) is 0 Å². The molecule has 13 nitrogen and oxygen atoms in total. The predicted molar refractivity (Wildman–Crippen MR) is 117 cm³/mol. The molecule has 0 amide bonds. The number of ether oxygens (including phenoxy) is 2. The third-order valence-electron chi connectivity index (χ3n) is 4.33. The van der Waals surface area contributed by atoms with Crippen LogP contribution in [0.15, 0.2) is 47.6 Å². The van der Waals surface area contributed by atoms with Crippen LogP contribution in [0.4, 0.5) is 15.8 Å². The number of hydrogen-bond acceptors (Lipinski definition) is 11. The first-order valence-electron chi connectivity index (χ1n) is 9.50. The number of hydrogen-bond donors (Lipinski definition) is 1. The molecule has 3 atom stereocenters. The van der Waals surface area contributed by atoms with Gasteiger partial charge in [-0.2, -0.15) is 0 Å². The summed E-state index contributed by atoms with van der Waals surface area (Å²) in [6.45, 7) is -0.844. The number of aliphatic hydroxyl groups is 1. The van der Waals surface area contributed by atoms with Crippen molar-refractivity contribution in [2.75, 3.05) is 13.7 Å². The van der Waals surface area contributed by atoms with Gasteiger partial charge in [-0.25, -0.2) is 14.0 Å². The van der Waals surface area contributed by atoms with Gasteiger partial charge in [0.2, 0.25) is 0 Å². The Labute approximate surface area is 200 Å². The second kappa shape index (κ2) is 12.3. The molecular formula is C20H17ClFN3O10. The predicted octanol–water partition coefficient (Wildman–Crippen LogP) is 2.87. The van der Waals surface area contributed by atoms with Crippen LogP contribution in [0, 0.1) is 20.2 Å². The molecule has 0 bridgehead atoms. The highest BCUT2D eigenvalue weighted by Gasteiger charge is 2.34. The van der Waals surface area contributed by atoms with Crippen molar-refractivity contribution in [1.29, 1.82) is 0 Å². The van der Waals surface area contributed by atoms with E-state index >= 15 is 0 Å². The zero-order valence-corrected chi connectivity index (χ0v) is 18.5. The summed E-state index contributed by atoms with van der Waals surface area (Å²) in [7, 11) is 1.11. The van der Waals surface area contributed by atoms with Gasteiger partial charge < -0.3 is 19.4 Å². The molecule has 0 saturated carbocycles. The van der Waals surface area contributed by atoms with Crippen LogP contribution in [-0.4, -0.2) is 65.2 Å². The molecule has 0 spiro atoms. The lowest BCUT2D eigenvalue weighted by Gasteiger charge is -2.24. The molecule has 0 aromatic heterocycles. The Balaban J connectivity index is 2.15. The lowest BCUT2D eigenvalue weighted by Crippen LogP contribution is -2.43. The second-order valence-corrected chi connectivity index (χ2v) is 7.05. The monoisotopic (exact) mass is 513 g/mol. The van der Waals surface area contributed by atoms with Crippen LogP contribution >= 0.6 is 11.6 Å². The Morgan fingerprint density at radius 3 is 2.26 bits per heavy atom. The Kier molecular flexibility index (Phi) is 9.54. The summed E-state index contributed by atoms with van der Waals surface area (Å²) in [6.07, 6.45) is -5.52. The lowest BCUT2D eigenvalue weighted by atomic mass is 10.1. The number of carbonyl (C=O) groups is 2. The van der Waals surface area contributed by atoms with E-state index in [4.69, 9.17) is 21.1 Å². The highest BCUT2D eigenvalue weighted by atomic mass is 35.5. The van der Waals surface area contributed by atoms with Crippen molar-refractivity contribution >= 4 is 41.1 Å². The zero-order chi connectivity index (χ0) is 26.1. The molecule has 0 radical (unpaired) electrons. The van der Waals surface area contributed by atoms with Gasteiger partial charge in [0.1, 0.15) is 19.8 Å². The number of non-ortho nitro benzene ring substituents is 2. The van der Waals surface area contributed by atoms with Crippen LogP contribution in [-0.2, 0) is 14.3 Å². The van der Waals surface area contributed by atoms with Gasteiger partial charge in [-0.1, -0.05) is 16.8 Å². The topological polar surface area (TPSA) is 181 Å². The molecule has 0 fully saturated rings. The number of aliphatic hydroxyl groups excluding tert-OH is 1. The Morgan fingerprint density at radius 1 is 1.11 bits per heavy atom. The standard InChI is InChI=1S/C20H17ClFN3O10/c1-33-23-9-16(22)18(35-20(28)14-7-6-13(25(31)32)8-15(14)21)17(26)10-34-19(27)11-2-4-12(5-3-11)24(29)30/h2-9,16-18,26H,10H2,1H3/b23-9-/t16-,17-,18+/m1/s1. The fourth-order valence-corrected chi connectivity index (χ4v) is 2.84. The molecule has 0 aliphatic heterocycles. The molecule has 35 heavy (non-hydrogen) atoms. The van der Waals surface area contributed by atoms with Gasteiger partial charge in [0.15, 0.2) is 12.3 Å². The Morgan fingerprint density at radius 2 is 1.71 bits per heavy atom. The number of halogens is 2. The van der Waals surface area contributed by atoms with E-state index in [0.29, 0.717) is 6.21 Å². The van der Waals surface area contributed by atoms with Gasteiger partial charge in [-0.3, -0.25) is 20.2 Å². The third kappa shape index (κ3) is 7.41. The number of nitro groups is 2. The summed E-state index contributed by atoms with van der Waals surface area (Å²) in [6, 6.07) is 7.19. The lowest BCUT2D eigenvalue weighted by molar-refractivity contribution is -0.385. The first-order valence-corrected chi connectivity index (χ1v) is 9.88. The van der Waals surface area contributed by atoms with E-state index in [1.54, 1.807) is 0 Å². The highest BCUT2D eigenvalue weighted by molar-refractivity contribution is 6.33. The maximum absolute atomic E-state index is 14.6. The fourth-order valence-electron chi connectivity index (χ4n) is 2.59. The molecule has 2 aromatic carbocycles. The van der Waals surface area contributed by atoms with Crippen LogP contribution < -0.4 is 0 Å². The number of rotatable bonds is 11. The van der Waals surface area contributed by atoms with E-state index in [9.17, 15) is 39.3 Å². The highest BCUT2D eigenvalue weighted by Crippen LogP contribution is 2.24. The van der Waals surface area contributed by atoms with Crippen LogP contribution in [0.5, 0.6) is 0 Å². The average molecular weight is 514 g/mol. The fraction of sp³-hybridized carbons (Fsp3) is 0.250. The minimum Gasteiger partial charge on any atom is -0.459 e. The van der Waals surface area contributed by atoms with Crippen molar-refractivity contribution in [3.8, 4) is 0 Å². The summed E-state index contributed by atoms with van der Waals surface area (Å²) < 4.78 is 24.5. The summed E-state index contributed by atoms with van der Waals surface area (Å²) in [5.74, 6) is -2.23. The molecule has 0 aliphatic carbocycles. The van der Waals surface area contributed by atoms with E-state index in [1.807, 2.05) is 0 Å². The van der Waals surface area contributed by atoms with Crippen molar-refractivity contribution in [3.63, 3.8) is 0 Å². The van der Waals surface area contributed by atoms with E-state index in [0.717, 1.165) is 49.6 Å². The number of alkyl halides is 1. The van der Waals surface area contributed by atoms with Gasteiger partial charge in [-0.15, -0.1) is 0 Å². The Bertz CT molecular complexity index is 1130. The molecule has 15 heteroatoms. The molecule has 0 unspecified atom stereocenters. The van der Waals surface area contributed by atoms with Crippen molar-refractivity contribution < 1.29 is 43.2 Å². The normalized spacial score (nSPS) is 13.5. The number of nitrogens with zero attached hydrogens (tertiary/aromatic N) is 3. The van der Waals surface area contributed by atoms with E-state index < -0.39 is 52.5 Å². The van der Waals surface area contributed by atoms with Crippen molar-refractivity contribution in [2.45, 2.75) is 18.4 Å². The van der Waals surface area contributed by atoms with E-state index in [-0.39, 0.29) is 21.8 Å². The summed E-state index contributed by atoms with van der Waals surface area (Å²) in [4.78, 5) is 49.1. The maximum atomic E-state index is 14.6. The largest absolute Gasteiger partial charge is 0.459 e. The van der Waals surface area contributed by atoms with Crippen LogP contribution in [0.1, 0.15) is 20.7 Å². The van der Waals surface area contributed by atoms with Crippen molar-refractivity contribution in [2.24, 2.45) is 5.16 Å². The van der Waals surface area contributed by atoms with Gasteiger partial charge >= 0.3 is 11.9 Å². The zero-order valence-electron chi connectivity index (χ0n) is 17.8. The van der Waals surface area contributed by atoms with Crippen LogP contribution in [0.2, 0.25) is 5.02 Å². The number of esters is 2. The quantitative estimate of drug-likeness (QED) is 0.203. The maximum Gasteiger partial charge on any atom is 0.340 e. The molecule has 0 saturated heterocycles. The molecule has 2 aromatic rings. The minimum atomic E-state index is -2.23. The average Bonchev–Trinajstić information content (AvgIpc) is 2.83. The van der Waals surface area contributed by atoms with Crippen LogP contribution in [0.25, 0.3) is 0 Å². The number of nitro benzene ring substituents is 2. The van der Waals surface area contributed by atoms with Gasteiger partial charge in [-0.05, 0) is 18.2 Å². The molecular weight excluding hydrogens is 497 g/mol. The molecule has 0 aliphatic rings. The summed E-state index contributed by atoms with van der Waals surface area (Å²) in [5, 5.41) is 34.7. The number of benzene rings is 2. The summed E-state index contributed by atoms with van der Waals surface area (Å²) >= 11 is 5.88. The number of carbonyl (C=O) groups excluding carboxylic acids is 2. The van der Waals surface area contributed by atoms with Crippen molar-refractivity contribution in [3.05, 3.63) is 78.8 Å². The first-order chi connectivity index (χ1) is 16.5. The molecule has 2 rings (SSSR count). The van der Waals surface area contributed by atoms with E-state index in [1.165, 1.54) is 0 Å². The minimum absolute atomic E-state index is 0.0910. The third-order valence-corrected chi connectivity index (χ3v) is 4.64. The Hall–Kier alpha value is -4.17. The smallest absolute Gasteiger partial charge is 0.340 e. The van der Waals surface area contributed by atoms with Gasteiger partial charge in [0.05, 0.1) is 32.2 Å². The van der Waals surface area contributed by atoms with Gasteiger partial charge in [0.25, 0.3) is 11.4 Å². The van der Waals surface area contributed by atoms with E-state index in [2.05, 4.69) is 9.99 Å². The number of oxime groups is 1. The SMILES string of the molecule is CO/N=C\[C@@H](F)[C@H](OC(=O)c1ccc([N+](=O)[O-])cc1Cl)[C@H](O)COC(=O)c1ccc([N+](=O)[O-])cc1. The summed E-state index contributed by atoms with van der Waals surface area (Å²) in [5.41, 5.74) is -1.12. The molecule has 186 valence electrons. The molecule has 0 heterocycles. The van der Waals surface area contributed by atoms with Gasteiger partial charge in [0, 0.05) is 24.3 Å². The molecule has 1 N–H and O–H groups in total. The second-order valence-electron chi connectivity index (χ2n) is 6.64.